The normalized spacial score (nSPS) is 25.3. The molecule has 1 atom stereocenters. The van der Waals surface area contributed by atoms with Crippen LogP contribution in [-0.4, -0.2) is 55.2 Å². The molecule has 7 heteroatoms. The minimum absolute atomic E-state index is 0.0148. The van der Waals surface area contributed by atoms with Crippen molar-refractivity contribution in [2.24, 2.45) is 0 Å². The van der Waals surface area contributed by atoms with Crippen LogP contribution in [0.3, 0.4) is 0 Å². The molecule has 0 spiro atoms. The first kappa shape index (κ1) is 14.6. The van der Waals surface area contributed by atoms with E-state index in [1.54, 1.807) is 0 Å². The van der Waals surface area contributed by atoms with Gasteiger partial charge in [-0.25, -0.2) is 0 Å². The second kappa shape index (κ2) is 6.09. The summed E-state index contributed by atoms with van der Waals surface area (Å²) in [6.07, 6.45) is -0.530. The number of carbonyl (C=O) groups excluding carboxylic acids is 1. The van der Waals surface area contributed by atoms with Crippen LogP contribution in [0.2, 0.25) is 0 Å². The lowest BCUT2D eigenvalue weighted by molar-refractivity contribution is -0.128. The molecule has 1 aliphatic heterocycles. The number of hydrogen-bond donors (Lipinski definition) is 2. The highest BCUT2D eigenvalue weighted by Gasteiger charge is 2.30. The smallest absolute Gasteiger partial charge is 0.352 e. The number of carbonyl (C=O) groups is 1. The molecular weight excluding hydrogens is 259 g/mol. The van der Waals surface area contributed by atoms with E-state index < -0.39 is 12.7 Å². The molecular formula is C12H20F3N3O. The number of nitrogens with one attached hydrogen (secondary N) is 2. The van der Waals surface area contributed by atoms with E-state index in [4.69, 9.17) is 0 Å². The van der Waals surface area contributed by atoms with E-state index in [1.807, 2.05) is 4.90 Å². The van der Waals surface area contributed by atoms with Gasteiger partial charge in [0.2, 0.25) is 5.91 Å². The zero-order valence-electron chi connectivity index (χ0n) is 10.8. The first-order valence-electron chi connectivity index (χ1n) is 6.74. The van der Waals surface area contributed by atoms with Crippen LogP contribution in [0.25, 0.3) is 0 Å². The van der Waals surface area contributed by atoms with Gasteiger partial charge in [0.15, 0.2) is 0 Å². The molecule has 1 saturated carbocycles. The minimum atomic E-state index is -4.17. The van der Waals surface area contributed by atoms with Crippen molar-refractivity contribution in [3.8, 4) is 0 Å². The van der Waals surface area contributed by atoms with Gasteiger partial charge in [0.1, 0.15) is 0 Å². The average molecular weight is 279 g/mol. The second-order valence-electron chi connectivity index (χ2n) is 5.41. The number of alkyl halides is 3. The molecule has 1 heterocycles. The molecule has 2 rings (SSSR count). The molecule has 2 fully saturated rings. The monoisotopic (exact) mass is 279 g/mol. The molecule has 2 aliphatic rings. The molecule has 0 aromatic rings. The Morgan fingerprint density at radius 3 is 2.58 bits per heavy atom. The highest BCUT2D eigenvalue weighted by Crippen LogP contribution is 2.19. The molecule has 1 amide bonds. The third-order valence-electron chi connectivity index (χ3n) is 3.41. The van der Waals surface area contributed by atoms with Crippen molar-refractivity contribution in [2.45, 2.75) is 43.9 Å². The molecule has 0 aromatic carbocycles. The zero-order valence-corrected chi connectivity index (χ0v) is 10.8. The van der Waals surface area contributed by atoms with E-state index in [1.165, 1.54) is 0 Å². The van der Waals surface area contributed by atoms with E-state index >= 15 is 0 Å². The van der Waals surface area contributed by atoms with E-state index in [0.717, 1.165) is 32.2 Å². The van der Waals surface area contributed by atoms with Gasteiger partial charge in [-0.2, -0.15) is 13.2 Å². The number of hydrogen-bond acceptors (Lipinski definition) is 3. The number of piperidine rings is 1. The van der Waals surface area contributed by atoms with Crippen molar-refractivity contribution in [1.82, 2.24) is 15.5 Å². The molecule has 1 saturated heterocycles. The van der Waals surface area contributed by atoms with Gasteiger partial charge in [-0.15, -0.1) is 0 Å². The summed E-state index contributed by atoms with van der Waals surface area (Å²) in [4.78, 5) is 13.6. The number of likely N-dealkylation sites (tertiary alicyclic amines) is 1. The lowest BCUT2D eigenvalue weighted by Crippen LogP contribution is -2.50. The Bertz CT molecular complexity index is 318. The third kappa shape index (κ3) is 5.78. The Hall–Kier alpha value is -0.820. The fourth-order valence-electron chi connectivity index (χ4n) is 2.33. The van der Waals surface area contributed by atoms with Gasteiger partial charge in [-0.05, 0) is 32.2 Å². The van der Waals surface area contributed by atoms with Crippen molar-refractivity contribution >= 4 is 5.91 Å². The molecule has 1 unspecified atom stereocenters. The van der Waals surface area contributed by atoms with Crippen LogP contribution in [0.5, 0.6) is 0 Å². The maximum absolute atomic E-state index is 12.1. The molecule has 0 radical (unpaired) electrons. The largest absolute Gasteiger partial charge is 0.401 e. The SMILES string of the molecule is O=C(CN1CCCC(NCC(F)(F)F)C1)NC1CC1. The Labute approximate surface area is 110 Å². The summed E-state index contributed by atoms with van der Waals surface area (Å²) in [5, 5.41) is 5.41. The van der Waals surface area contributed by atoms with Gasteiger partial charge in [0.25, 0.3) is 0 Å². The lowest BCUT2D eigenvalue weighted by Gasteiger charge is -2.33. The second-order valence-corrected chi connectivity index (χ2v) is 5.41. The number of rotatable bonds is 5. The predicted molar refractivity (Wildman–Crippen MR) is 64.7 cm³/mol. The molecule has 0 bridgehead atoms. The summed E-state index contributed by atoms with van der Waals surface area (Å²) in [5.41, 5.74) is 0. The summed E-state index contributed by atoms with van der Waals surface area (Å²) in [6, 6.07) is 0.153. The van der Waals surface area contributed by atoms with Gasteiger partial charge in [-0.3, -0.25) is 9.69 Å². The van der Waals surface area contributed by atoms with Crippen LogP contribution in [0.15, 0.2) is 0 Å². The number of amides is 1. The maximum atomic E-state index is 12.1. The van der Waals surface area contributed by atoms with Crippen LogP contribution in [0.1, 0.15) is 25.7 Å². The third-order valence-corrected chi connectivity index (χ3v) is 3.41. The molecule has 1 aliphatic carbocycles. The van der Waals surface area contributed by atoms with Crippen molar-refractivity contribution in [1.29, 1.82) is 0 Å². The summed E-state index contributed by atoms with van der Waals surface area (Å²) < 4.78 is 36.4. The fourth-order valence-corrected chi connectivity index (χ4v) is 2.33. The summed E-state index contributed by atoms with van der Waals surface area (Å²) in [5.74, 6) is -0.0148. The van der Waals surface area contributed by atoms with Crippen molar-refractivity contribution < 1.29 is 18.0 Å². The molecule has 2 N–H and O–H groups in total. The van der Waals surface area contributed by atoms with Crippen molar-refractivity contribution in [3.05, 3.63) is 0 Å². The van der Waals surface area contributed by atoms with Gasteiger partial charge >= 0.3 is 6.18 Å². The Morgan fingerprint density at radius 1 is 1.21 bits per heavy atom. The topological polar surface area (TPSA) is 44.4 Å². The number of nitrogens with zero attached hydrogens (tertiary/aromatic N) is 1. The quantitative estimate of drug-likeness (QED) is 0.785. The highest BCUT2D eigenvalue weighted by atomic mass is 19.4. The van der Waals surface area contributed by atoms with E-state index in [-0.39, 0.29) is 11.9 Å². The van der Waals surface area contributed by atoms with Gasteiger partial charge in [-0.1, -0.05) is 0 Å². The van der Waals surface area contributed by atoms with Gasteiger partial charge in [0, 0.05) is 18.6 Å². The average Bonchev–Trinajstić information content (AvgIpc) is 3.09. The molecule has 19 heavy (non-hydrogen) atoms. The van der Waals surface area contributed by atoms with Crippen LogP contribution >= 0.6 is 0 Å². The maximum Gasteiger partial charge on any atom is 0.401 e. The molecule has 110 valence electrons. The fraction of sp³-hybridized carbons (Fsp3) is 0.917. The Balaban J connectivity index is 1.68. The zero-order chi connectivity index (χ0) is 13.9. The van der Waals surface area contributed by atoms with Gasteiger partial charge < -0.3 is 10.6 Å². The summed E-state index contributed by atoms with van der Waals surface area (Å²) in [6.45, 7) is 0.622. The Kier molecular flexibility index (Phi) is 4.67. The van der Waals surface area contributed by atoms with Crippen LogP contribution in [0, 0.1) is 0 Å². The summed E-state index contributed by atoms with van der Waals surface area (Å²) in [7, 11) is 0. The van der Waals surface area contributed by atoms with Crippen molar-refractivity contribution in [2.75, 3.05) is 26.2 Å². The first-order valence-corrected chi connectivity index (χ1v) is 6.74. The van der Waals surface area contributed by atoms with Gasteiger partial charge in [0.05, 0.1) is 13.1 Å². The van der Waals surface area contributed by atoms with E-state index in [2.05, 4.69) is 10.6 Å². The van der Waals surface area contributed by atoms with E-state index in [0.29, 0.717) is 19.1 Å². The first-order chi connectivity index (χ1) is 8.92. The van der Waals surface area contributed by atoms with Crippen LogP contribution in [-0.2, 0) is 4.79 Å². The van der Waals surface area contributed by atoms with E-state index in [9.17, 15) is 18.0 Å². The minimum Gasteiger partial charge on any atom is -0.352 e. The van der Waals surface area contributed by atoms with Crippen LogP contribution < -0.4 is 10.6 Å². The lowest BCUT2D eigenvalue weighted by atomic mass is 10.1. The van der Waals surface area contributed by atoms with Crippen molar-refractivity contribution in [3.63, 3.8) is 0 Å². The predicted octanol–water partition coefficient (Wildman–Crippen LogP) is 0.881. The molecule has 0 aromatic heterocycles. The Morgan fingerprint density at radius 2 is 1.95 bits per heavy atom. The van der Waals surface area contributed by atoms with Crippen LogP contribution in [0.4, 0.5) is 13.2 Å². The molecule has 4 nitrogen and oxygen atoms in total. The summed E-state index contributed by atoms with van der Waals surface area (Å²) >= 11 is 0. The number of halogens is 3. The highest BCUT2D eigenvalue weighted by molar-refractivity contribution is 5.78. The standard InChI is InChI=1S/C12H20F3N3O/c13-12(14,15)8-16-10-2-1-5-18(6-10)7-11(19)17-9-3-4-9/h9-10,16H,1-8H2,(H,17,19).